The number of hydrogen-bond donors (Lipinski definition) is 2. The molecule has 3 N–H and O–H groups in total. The van der Waals surface area contributed by atoms with Crippen LogP contribution in [0.2, 0.25) is 5.02 Å². The van der Waals surface area contributed by atoms with Gasteiger partial charge in [0, 0.05) is 5.02 Å². The maximum absolute atomic E-state index is 10.7. The lowest BCUT2D eigenvalue weighted by molar-refractivity contribution is 0.603. The molecule has 0 aliphatic carbocycles. The topological polar surface area (TPSA) is 96.0 Å². The van der Waals surface area contributed by atoms with E-state index in [2.05, 4.69) is 0 Å². The second kappa shape index (κ2) is 3.84. The van der Waals surface area contributed by atoms with Gasteiger partial charge in [-0.15, -0.1) is 0 Å². The summed E-state index contributed by atoms with van der Waals surface area (Å²) in [5.74, 6) is 0. The van der Waals surface area contributed by atoms with E-state index in [1.807, 2.05) is 4.72 Å². The molecule has 0 fully saturated rings. The Kier molecular flexibility index (Phi) is 2.96. The normalized spacial score (nSPS) is 10.6. The van der Waals surface area contributed by atoms with E-state index in [-0.39, 0.29) is 11.3 Å². The average Bonchev–Trinajstić information content (AvgIpc) is 2.01. The van der Waals surface area contributed by atoms with Crippen LogP contribution in [0, 0.1) is 11.3 Å². The molecule has 74 valence electrons. The van der Waals surface area contributed by atoms with Crippen molar-refractivity contribution in [1.29, 1.82) is 5.26 Å². The largest absolute Gasteiger partial charge is 0.296 e. The van der Waals surface area contributed by atoms with Gasteiger partial charge < -0.3 is 0 Å². The van der Waals surface area contributed by atoms with Crippen molar-refractivity contribution < 1.29 is 8.42 Å². The van der Waals surface area contributed by atoms with Crippen molar-refractivity contribution in [2.45, 2.75) is 0 Å². The quantitative estimate of drug-likeness (QED) is 0.789. The maximum atomic E-state index is 10.7. The third-order valence-corrected chi connectivity index (χ3v) is 2.09. The van der Waals surface area contributed by atoms with Gasteiger partial charge in [-0.1, -0.05) is 11.6 Å². The van der Waals surface area contributed by atoms with Crippen molar-refractivity contribution in [3.63, 3.8) is 0 Å². The van der Waals surface area contributed by atoms with Crippen LogP contribution in [0.25, 0.3) is 0 Å². The zero-order valence-electron chi connectivity index (χ0n) is 6.86. The molecule has 5 nitrogen and oxygen atoms in total. The number of nitrogens with zero attached hydrogens (tertiary/aromatic N) is 1. The molecule has 0 aliphatic rings. The Labute approximate surface area is 86.3 Å². The highest BCUT2D eigenvalue weighted by molar-refractivity contribution is 7.90. The number of rotatable bonds is 2. The molecule has 0 amide bonds. The highest BCUT2D eigenvalue weighted by atomic mass is 35.5. The lowest BCUT2D eigenvalue weighted by Crippen LogP contribution is -2.22. The number of anilines is 1. The zero-order valence-corrected chi connectivity index (χ0v) is 8.43. The maximum Gasteiger partial charge on any atom is 0.296 e. The molecular formula is C7H6ClN3O2S. The Hall–Kier alpha value is -1.29. The van der Waals surface area contributed by atoms with Crippen LogP contribution in [-0.4, -0.2) is 8.42 Å². The summed E-state index contributed by atoms with van der Waals surface area (Å²) in [6, 6.07) is 5.99. The van der Waals surface area contributed by atoms with E-state index < -0.39 is 10.2 Å². The smallest absolute Gasteiger partial charge is 0.270 e. The summed E-state index contributed by atoms with van der Waals surface area (Å²) in [6.07, 6.45) is 0. The summed E-state index contributed by atoms with van der Waals surface area (Å²) in [5.41, 5.74) is 0.228. The first-order valence-corrected chi connectivity index (χ1v) is 5.35. The van der Waals surface area contributed by atoms with E-state index >= 15 is 0 Å². The van der Waals surface area contributed by atoms with Crippen LogP contribution in [0.3, 0.4) is 0 Å². The van der Waals surface area contributed by atoms with Gasteiger partial charge in [-0.2, -0.15) is 13.7 Å². The molecule has 1 aromatic rings. The van der Waals surface area contributed by atoms with Gasteiger partial charge >= 0.3 is 0 Å². The zero-order chi connectivity index (χ0) is 10.8. The summed E-state index contributed by atoms with van der Waals surface area (Å²) in [7, 11) is -3.89. The molecular weight excluding hydrogens is 226 g/mol. The third-order valence-electron chi connectivity index (χ3n) is 1.35. The Morgan fingerprint density at radius 2 is 2.14 bits per heavy atom. The number of halogens is 1. The fourth-order valence-corrected chi connectivity index (χ4v) is 1.50. The predicted octanol–water partition coefficient (Wildman–Crippen LogP) is 0.827. The Morgan fingerprint density at radius 1 is 1.50 bits per heavy atom. The number of nitrogens with one attached hydrogen (secondary N) is 1. The number of hydrogen-bond acceptors (Lipinski definition) is 3. The Bertz CT molecular complexity index is 492. The van der Waals surface area contributed by atoms with E-state index in [1.165, 1.54) is 18.2 Å². The van der Waals surface area contributed by atoms with Crippen LogP contribution in [0.15, 0.2) is 18.2 Å². The molecule has 1 aromatic carbocycles. The minimum Gasteiger partial charge on any atom is -0.270 e. The van der Waals surface area contributed by atoms with Crippen molar-refractivity contribution in [2.75, 3.05) is 4.72 Å². The molecule has 0 radical (unpaired) electrons. The van der Waals surface area contributed by atoms with Gasteiger partial charge in [0.1, 0.15) is 6.07 Å². The highest BCUT2D eigenvalue weighted by Crippen LogP contribution is 2.20. The molecule has 0 bridgehead atoms. The Morgan fingerprint density at radius 3 is 2.64 bits per heavy atom. The second-order valence-electron chi connectivity index (χ2n) is 2.45. The van der Waals surface area contributed by atoms with Gasteiger partial charge in [0.2, 0.25) is 0 Å². The second-order valence-corrected chi connectivity index (χ2v) is 4.18. The van der Waals surface area contributed by atoms with Crippen LogP contribution in [0.5, 0.6) is 0 Å². The van der Waals surface area contributed by atoms with Gasteiger partial charge in [0.15, 0.2) is 0 Å². The third kappa shape index (κ3) is 2.88. The van der Waals surface area contributed by atoms with Gasteiger partial charge in [0.05, 0.1) is 11.3 Å². The summed E-state index contributed by atoms with van der Waals surface area (Å²) in [4.78, 5) is 0. The van der Waals surface area contributed by atoms with Gasteiger partial charge in [-0.25, -0.2) is 5.14 Å². The molecule has 0 heterocycles. The molecule has 0 saturated heterocycles. The van der Waals surface area contributed by atoms with Crippen molar-refractivity contribution in [3.8, 4) is 6.07 Å². The van der Waals surface area contributed by atoms with Crippen molar-refractivity contribution >= 4 is 27.5 Å². The molecule has 0 aromatic heterocycles. The first-order chi connectivity index (χ1) is 6.42. The molecule has 1 rings (SSSR count). The number of nitriles is 1. The minimum atomic E-state index is -3.89. The number of benzene rings is 1. The minimum absolute atomic E-state index is 0.0718. The van der Waals surface area contributed by atoms with Crippen molar-refractivity contribution in [2.24, 2.45) is 5.14 Å². The standard InChI is InChI=1S/C7H6ClN3O2S/c8-6-2-1-5(4-9)7(3-6)11-14(10,12)13/h1-3,11H,(H2,10,12,13). The summed E-state index contributed by atoms with van der Waals surface area (Å²) >= 11 is 5.62. The van der Waals surface area contributed by atoms with Crippen LogP contribution in [-0.2, 0) is 10.2 Å². The molecule has 7 heteroatoms. The fourth-order valence-electron chi connectivity index (χ4n) is 0.852. The molecule has 0 atom stereocenters. The van der Waals surface area contributed by atoms with Crippen LogP contribution >= 0.6 is 11.6 Å². The molecule has 0 unspecified atom stereocenters. The van der Waals surface area contributed by atoms with Gasteiger partial charge in [0.25, 0.3) is 10.2 Å². The van der Waals surface area contributed by atoms with Crippen molar-refractivity contribution in [1.82, 2.24) is 0 Å². The average molecular weight is 232 g/mol. The van der Waals surface area contributed by atoms with E-state index in [4.69, 9.17) is 22.0 Å². The first kappa shape index (κ1) is 10.8. The van der Waals surface area contributed by atoms with Crippen LogP contribution < -0.4 is 9.86 Å². The predicted molar refractivity (Wildman–Crippen MR) is 52.9 cm³/mol. The van der Waals surface area contributed by atoms with Crippen LogP contribution in [0.4, 0.5) is 5.69 Å². The summed E-state index contributed by atoms with van der Waals surface area (Å²) in [6.45, 7) is 0. The molecule has 0 saturated carbocycles. The first-order valence-electron chi connectivity index (χ1n) is 3.42. The monoisotopic (exact) mass is 231 g/mol. The van der Waals surface area contributed by atoms with Gasteiger partial charge in [-0.3, -0.25) is 4.72 Å². The van der Waals surface area contributed by atoms with E-state index in [1.54, 1.807) is 6.07 Å². The number of nitrogens with two attached hydrogens (primary N) is 1. The van der Waals surface area contributed by atoms with E-state index in [0.717, 1.165) is 0 Å². The van der Waals surface area contributed by atoms with Crippen LogP contribution in [0.1, 0.15) is 5.56 Å². The lowest BCUT2D eigenvalue weighted by atomic mass is 10.2. The molecule has 0 spiro atoms. The lowest BCUT2D eigenvalue weighted by Gasteiger charge is -2.05. The van der Waals surface area contributed by atoms with Gasteiger partial charge in [-0.05, 0) is 18.2 Å². The fraction of sp³-hybridized carbons (Fsp3) is 0. The summed E-state index contributed by atoms with van der Waals surface area (Å²) < 4.78 is 23.4. The van der Waals surface area contributed by atoms with E-state index in [9.17, 15) is 8.42 Å². The molecule has 14 heavy (non-hydrogen) atoms. The Balaban J connectivity index is 3.20. The van der Waals surface area contributed by atoms with E-state index in [0.29, 0.717) is 5.02 Å². The summed E-state index contributed by atoms with van der Waals surface area (Å²) in [5, 5.41) is 13.7. The van der Waals surface area contributed by atoms with Crippen molar-refractivity contribution in [3.05, 3.63) is 28.8 Å². The highest BCUT2D eigenvalue weighted by Gasteiger charge is 2.07. The molecule has 0 aliphatic heterocycles. The SMILES string of the molecule is N#Cc1ccc(Cl)cc1NS(N)(=O)=O.